The standard InChI is InChI=1S/C22H31N3O4S/c1-17(2)25(16-18-6-10-20(11-7-18)24(3)4)22(26)19-8-12-21(13-9-19)30(27,28)23-14-15-29-5/h6-13,17,23H,14-16H2,1-5H3. The average Bonchev–Trinajstić information content (AvgIpc) is 2.72. The van der Waals surface area contributed by atoms with Gasteiger partial charge in [-0.3, -0.25) is 4.79 Å². The van der Waals surface area contributed by atoms with Crippen LogP contribution in [0.4, 0.5) is 5.69 Å². The van der Waals surface area contributed by atoms with Gasteiger partial charge in [-0.25, -0.2) is 13.1 Å². The summed E-state index contributed by atoms with van der Waals surface area (Å²) in [6.07, 6.45) is 0. The molecule has 0 heterocycles. The van der Waals surface area contributed by atoms with Crippen LogP contribution in [-0.2, 0) is 21.3 Å². The molecule has 164 valence electrons. The van der Waals surface area contributed by atoms with Crippen molar-refractivity contribution in [2.24, 2.45) is 0 Å². The zero-order valence-electron chi connectivity index (χ0n) is 18.3. The molecule has 8 heteroatoms. The number of anilines is 1. The molecule has 0 saturated carbocycles. The van der Waals surface area contributed by atoms with Gasteiger partial charge in [0.15, 0.2) is 0 Å². The Morgan fingerprint density at radius 2 is 1.63 bits per heavy atom. The van der Waals surface area contributed by atoms with Gasteiger partial charge in [0.1, 0.15) is 0 Å². The van der Waals surface area contributed by atoms with Crippen molar-refractivity contribution in [1.29, 1.82) is 0 Å². The van der Waals surface area contributed by atoms with Crippen molar-refractivity contribution in [3.63, 3.8) is 0 Å². The molecule has 2 aromatic carbocycles. The summed E-state index contributed by atoms with van der Waals surface area (Å²) < 4.78 is 31.9. The number of amides is 1. The monoisotopic (exact) mass is 433 g/mol. The summed E-state index contributed by atoms with van der Waals surface area (Å²) in [5, 5.41) is 0. The molecule has 0 spiro atoms. The molecule has 0 aliphatic carbocycles. The van der Waals surface area contributed by atoms with Crippen molar-refractivity contribution < 1.29 is 17.9 Å². The van der Waals surface area contributed by atoms with E-state index in [-0.39, 0.29) is 30.0 Å². The Bertz CT molecular complexity index is 924. The number of methoxy groups -OCH3 is 1. The second-order valence-electron chi connectivity index (χ2n) is 7.50. The predicted octanol–water partition coefficient (Wildman–Crippen LogP) is 2.73. The van der Waals surface area contributed by atoms with Crippen LogP contribution in [0.2, 0.25) is 0 Å². The van der Waals surface area contributed by atoms with Crippen LogP contribution in [0.25, 0.3) is 0 Å². The quantitative estimate of drug-likeness (QED) is 0.583. The Morgan fingerprint density at radius 1 is 1.03 bits per heavy atom. The number of benzene rings is 2. The number of nitrogens with zero attached hydrogens (tertiary/aromatic N) is 2. The normalized spacial score (nSPS) is 11.5. The molecule has 1 N–H and O–H groups in total. The Balaban J connectivity index is 2.15. The van der Waals surface area contributed by atoms with Crippen molar-refractivity contribution in [2.75, 3.05) is 39.3 Å². The lowest BCUT2D eigenvalue weighted by molar-refractivity contribution is 0.0690. The summed E-state index contributed by atoms with van der Waals surface area (Å²) >= 11 is 0. The summed E-state index contributed by atoms with van der Waals surface area (Å²) in [5.74, 6) is -0.141. The molecule has 0 aliphatic heterocycles. The molecule has 0 aliphatic rings. The fraction of sp³-hybridized carbons (Fsp3) is 0.409. The van der Waals surface area contributed by atoms with Crippen molar-refractivity contribution in [2.45, 2.75) is 31.3 Å². The van der Waals surface area contributed by atoms with E-state index in [4.69, 9.17) is 4.74 Å². The van der Waals surface area contributed by atoms with Gasteiger partial charge in [0, 0.05) is 51.6 Å². The van der Waals surface area contributed by atoms with Gasteiger partial charge in [-0.2, -0.15) is 0 Å². The van der Waals surface area contributed by atoms with Crippen LogP contribution in [0.3, 0.4) is 0 Å². The Hall–Kier alpha value is -2.42. The first-order chi connectivity index (χ1) is 14.2. The Morgan fingerprint density at radius 3 is 2.13 bits per heavy atom. The van der Waals surface area contributed by atoms with E-state index in [1.165, 1.54) is 19.2 Å². The van der Waals surface area contributed by atoms with Gasteiger partial charge in [-0.15, -0.1) is 0 Å². The third-order valence-corrected chi connectivity index (χ3v) is 6.18. The van der Waals surface area contributed by atoms with E-state index in [1.54, 1.807) is 17.0 Å². The maximum absolute atomic E-state index is 13.1. The number of hydrogen-bond donors (Lipinski definition) is 1. The Kier molecular flexibility index (Phi) is 8.40. The van der Waals surface area contributed by atoms with Gasteiger partial charge in [-0.05, 0) is 55.8 Å². The van der Waals surface area contributed by atoms with E-state index in [2.05, 4.69) is 4.72 Å². The minimum atomic E-state index is -3.63. The van der Waals surface area contributed by atoms with Gasteiger partial charge in [0.2, 0.25) is 10.0 Å². The molecule has 0 saturated heterocycles. The molecule has 2 rings (SSSR count). The zero-order valence-corrected chi connectivity index (χ0v) is 19.1. The average molecular weight is 434 g/mol. The topological polar surface area (TPSA) is 78.9 Å². The van der Waals surface area contributed by atoms with Gasteiger partial charge in [0.05, 0.1) is 11.5 Å². The summed E-state index contributed by atoms with van der Waals surface area (Å²) in [5.41, 5.74) is 2.57. The zero-order chi connectivity index (χ0) is 22.3. The van der Waals surface area contributed by atoms with Gasteiger partial charge >= 0.3 is 0 Å². The molecule has 1 amide bonds. The highest BCUT2D eigenvalue weighted by Crippen LogP contribution is 2.18. The minimum Gasteiger partial charge on any atom is -0.383 e. The molecule has 0 aromatic heterocycles. The van der Waals surface area contributed by atoms with E-state index in [0.717, 1.165) is 11.3 Å². The second-order valence-corrected chi connectivity index (χ2v) is 9.27. The highest BCUT2D eigenvalue weighted by atomic mass is 32.2. The van der Waals surface area contributed by atoms with E-state index < -0.39 is 10.0 Å². The fourth-order valence-corrected chi connectivity index (χ4v) is 3.90. The van der Waals surface area contributed by atoms with E-state index in [0.29, 0.717) is 12.1 Å². The lowest BCUT2D eigenvalue weighted by atomic mass is 10.1. The highest BCUT2D eigenvalue weighted by Gasteiger charge is 2.20. The second kappa shape index (κ2) is 10.6. The maximum atomic E-state index is 13.1. The summed E-state index contributed by atoms with van der Waals surface area (Å²) in [4.78, 5) is 17.0. The molecule has 2 aromatic rings. The Labute approximate surface area is 179 Å². The first-order valence-electron chi connectivity index (χ1n) is 9.81. The molecular weight excluding hydrogens is 402 g/mol. The number of carbonyl (C=O) groups is 1. The predicted molar refractivity (Wildman–Crippen MR) is 119 cm³/mol. The van der Waals surface area contributed by atoms with E-state index in [9.17, 15) is 13.2 Å². The van der Waals surface area contributed by atoms with E-state index in [1.807, 2.05) is 57.1 Å². The highest BCUT2D eigenvalue weighted by molar-refractivity contribution is 7.89. The van der Waals surface area contributed by atoms with Crippen LogP contribution in [0.1, 0.15) is 29.8 Å². The molecule has 30 heavy (non-hydrogen) atoms. The summed E-state index contributed by atoms with van der Waals surface area (Å²) in [6, 6.07) is 14.1. The fourth-order valence-electron chi connectivity index (χ4n) is 2.89. The first kappa shape index (κ1) is 23.9. The van der Waals surface area contributed by atoms with Crippen molar-refractivity contribution >= 4 is 21.6 Å². The number of carbonyl (C=O) groups excluding carboxylic acids is 1. The van der Waals surface area contributed by atoms with Crippen LogP contribution >= 0.6 is 0 Å². The lowest BCUT2D eigenvalue weighted by Gasteiger charge is -2.27. The van der Waals surface area contributed by atoms with E-state index >= 15 is 0 Å². The molecule has 0 fully saturated rings. The molecule has 0 radical (unpaired) electrons. The molecule has 7 nitrogen and oxygen atoms in total. The first-order valence-corrected chi connectivity index (χ1v) is 11.3. The summed E-state index contributed by atoms with van der Waals surface area (Å²) in [6.45, 7) is 4.88. The summed E-state index contributed by atoms with van der Waals surface area (Å²) in [7, 11) is 1.84. The minimum absolute atomic E-state index is 0.00913. The largest absolute Gasteiger partial charge is 0.383 e. The third kappa shape index (κ3) is 6.29. The van der Waals surface area contributed by atoms with Gasteiger partial charge < -0.3 is 14.5 Å². The SMILES string of the molecule is COCCNS(=O)(=O)c1ccc(C(=O)N(Cc2ccc(N(C)C)cc2)C(C)C)cc1. The van der Waals surface area contributed by atoms with Crippen LogP contribution in [0.5, 0.6) is 0 Å². The van der Waals surface area contributed by atoms with Gasteiger partial charge in [0.25, 0.3) is 5.91 Å². The van der Waals surface area contributed by atoms with Crippen LogP contribution < -0.4 is 9.62 Å². The van der Waals surface area contributed by atoms with Crippen molar-refractivity contribution in [1.82, 2.24) is 9.62 Å². The number of ether oxygens (including phenoxy) is 1. The number of sulfonamides is 1. The maximum Gasteiger partial charge on any atom is 0.254 e. The van der Waals surface area contributed by atoms with Crippen LogP contribution in [0, 0.1) is 0 Å². The number of nitrogens with one attached hydrogen (secondary N) is 1. The van der Waals surface area contributed by atoms with Crippen LogP contribution in [-0.4, -0.2) is 59.6 Å². The van der Waals surface area contributed by atoms with Gasteiger partial charge in [-0.1, -0.05) is 12.1 Å². The molecule has 0 atom stereocenters. The molecular formula is C22H31N3O4S. The lowest BCUT2D eigenvalue weighted by Crippen LogP contribution is -2.36. The van der Waals surface area contributed by atoms with Crippen molar-refractivity contribution in [3.05, 3.63) is 59.7 Å². The molecule has 0 bridgehead atoms. The third-order valence-electron chi connectivity index (χ3n) is 4.70. The molecule has 0 unspecified atom stereocenters. The number of rotatable bonds is 10. The smallest absolute Gasteiger partial charge is 0.254 e. The number of hydrogen-bond acceptors (Lipinski definition) is 5. The van der Waals surface area contributed by atoms with Crippen LogP contribution in [0.15, 0.2) is 53.4 Å². The van der Waals surface area contributed by atoms with Crippen molar-refractivity contribution in [3.8, 4) is 0 Å².